The molecule has 0 aliphatic heterocycles. The normalized spacial score (nSPS) is 11.8. The van der Waals surface area contributed by atoms with E-state index in [0.29, 0.717) is 6.42 Å². The molecular formula is C19H19F2NO3. The standard InChI is InChI=1S/C19H19F2NO3/c1-12(16-11-15(20)8-9-17(16)21)22(2)18(23)10-5-13-3-6-14(7-4-13)19(24)25/h3-4,6-9,11-12H,5,10H2,1-2H3,(H,24,25). The summed E-state index contributed by atoms with van der Waals surface area (Å²) in [4.78, 5) is 24.5. The first kappa shape index (κ1) is 18.6. The lowest BCUT2D eigenvalue weighted by molar-refractivity contribution is -0.131. The summed E-state index contributed by atoms with van der Waals surface area (Å²) in [6.45, 7) is 1.64. The maximum atomic E-state index is 13.8. The fourth-order valence-electron chi connectivity index (χ4n) is 2.50. The van der Waals surface area contributed by atoms with Crippen molar-refractivity contribution in [1.82, 2.24) is 4.90 Å². The quantitative estimate of drug-likeness (QED) is 0.864. The minimum Gasteiger partial charge on any atom is -0.478 e. The van der Waals surface area contributed by atoms with Gasteiger partial charge in [-0.3, -0.25) is 4.79 Å². The average molecular weight is 347 g/mol. The van der Waals surface area contributed by atoms with Gasteiger partial charge in [-0.05, 0) is 49.2 Å². The molecule has 4 nitrogen and oxygen atoms in total. The Morgan fingerprint density at radius 3 is 2.36 bits per heavy atom. The minimum absolute atomic E-state index is 0.127. The monoisotopic (exact) mass is 347 g/mol. The van der Waals surface area contributed by atoms with E-state index < -0.39 is 23.6 Å². The molecule has 0 aromatic heterocycles. The zero-order valence-corrected chi connectivity index (χ0v) is 14.0. The summed E-state index contributed by atoms with van der Waals surface area (Å²) < 4.78 is 27.2. The van der Waals surface area contributed by atoms with Crippen molar-refractivity contribution in [2.45, 2.75) is 25.8 Å². The van der Waals surface area contributed by atoms with Gasteiger partial charge in [0.1, 0.15) is 11.6 Å². The van der Waals surface area contributed by atoms with Gasteiger partial charge in [-0.25, -0.2) is 13.6 Å². The lowest BCUT2D eigenvalue weighted by Gasteiger charge is -2.26. The molecule has 0 aliphatic rings. The van der Waals surface area contributed by atoms with Crippen LogP contribution in [-0.4, -0.2) is 28.9 Å². The largest absolute Gasteiger partial charge is 0.478 e. The molecule has 2 aromatic carbocycles. The Hall–Kier alpha value is -2.76. The molecule has 0 saturated heterocycles. The van der Waals surface area contributed by atoms with Gasteiger partial charge >= 0.3 is 5.97 Å². The predicted molar refractivity (Wildman–Crippen MR) is 89.3 cm³/mol. The van der Waals surface area contributed by atoms with Crippen molar-refractivity contribution in [2.75, 3.05) is 7.05 Å². The van der Waals surface area contributed by atoms with Crippen LogP contribution in [0.15, 0.2) is 42.5 Å². The fourth-order valence-corrected chi connectivity index (χ4v) is 2.50. The Kier molecular flexibility index (Phi) is 5.85. The number of amides is 1. The first-order valence-corrected chi connectivity index (χ1v) is 7.82. The van der Waals surface area contributed by atoms with Crippen LogP contribution in [0.1, 0.15) is 40.9 Å². The van der Waals surface area contributed by atoms with E-state index in [0.717, 1.165) is 23.8 Å². The van der Waals surface area contributed by atoms with Crippen LogP contribution in [0.25, 0.3) is 0 Å². The molecule has 0 aliphatic carbocycles. The van der Waals surface area contributed by atoms with E-state index in [9.17, 15) is 18.4 Å². The van der Waals surface area contributed by atoms with Crippen LogP contribution in [0.4, 0.5) is 8.78 Å². The highest BCUT2D eigenvalue weighted by atomic mass is 19.1. The summed E-state index contributed by atoms with van der Waals surface area (Å²) in [6.07, 6.45) is 0.617. The van der Waals surface area contributed by atoms with Crippen molar-refractivity contribution in [1.29, 1.82) is 0 Å². The van der Waals surface area contributed by atoms with E-state index in [1.165, 1.54) is 17.0 Å². The van der Waals surface area contributed by atoms with Crippen LogP contribution in [0.2, 0.25) is 0 Å². The molecule has 6 heteroatoms. The SMILES string of the molecule is CC(c1cc(F)ccc1F)N(C)C(=O)CCc1ccc(C(=O)O)cc1. The van der Waals surface area contributed by atoms with E-state index in [1.807, 2.05) is 0 Å². The van der Waals surface area contributed by atoms with Crippen molar-refractivity contribution >= 4 is 11.9 Å². The third-order valence-corrected chi connectivity index (χ3v) is 4.21. The highest BCUT2D eigenvalue weighted by Gasteiger charge is 2.20. The molecule has 0 spiro atoms. The van der Waals surface area contributed by atoms with Crippen LogP contribution in [-0.2, 0) is 11.2 Å². The molecule has 132 valence electrons. The van der Waals surface area contributed by atoms with E-state index in [4.69, 9.17) is 5.11 Å². The molecule has 1 atom stereocenters. The first-order chi connectivity index (χ1) is 11.8. The average Bonchev–Trinajstić information content (AvgIpc) is 2.60. The smallest absolute Gasteiger partial charge is 0.335 e. The zero-order chi connectivity index (χ0) is 18.6. The van der Waals surface area contributed by atoms with Crippen molar-refractivity contribution in [3.63, 3.8) is 0 Å². The molecule has 1 N–H and O–H groups in total. The fraction of sp³-hybridized carbons (Fsp3) is 0.263. The van der Waals surface area contributed by atoms with Gasteiger partial charge in [-0.15, -0.1) is 0 Å². The third-order valence-electron chi connectivity index (χ3n) is 4.21. The van der Waals surface area contributed by atoms with E-state index in [-0.39, 0.29) is 23.5 Å². The maximum absolute atomic E-state index is 13.8. The maximum Gasteiger partial charge on any atom is 0.335 e. The Bertz CT molecular complexity index is 775. The molecule has 0 heterocycles. The number of aromatic carboxylic acids is 1. The second kappa shape index (κ2) is 7.88. The summed E-state index contributed by atoms with van der Waals surface area (Å²) in [5.74, 6) is -2.33. The molecule has 2 aromatic rings. The number of rotatable bonds is 6. The number of carbonyl (C=O) groups is 2. The zero-order valence-electron chi connectivity index (χ0n) is 14.0. The van der Waals surface area contributed by atoms with Crippen LogP contribution in [0.3, 0.4) is 0 Å². The molecule has 0 radical (unpaired) electrons. The molecule has 1 unspecified atom stereocenters. The summed E-state index contributed by atoms with van der Waals surface area (Å²) in [6, 6.07) is 8.86. The first-order valence-electron chi connectivity index (χ1n) is 7.82. The second-order valence-corrected chi connectivity index (χ2v) is 5.85. The van der Waals surface area contributed by atoms with Gasteiger partial charge in [0.2, 0.25) is 5.91 Å². The highest BCUT2D eigenvalue weighted by molar-refractivity contribution is 5.87. The molecule has 25 heavy (non-hydrogen) atoms. The van der Waals surface area contributed by atoms with Crippen LogP contribution >= 0.6 is 0 Å². The lowest BCUT2D eigenvalue weighted by atomic mass is 10.0. The van der Waals surface area contributed by atoms with Gasteiger partial charge in [0.05, 0.1) is 11.6 Å². The summed E-state index contributed by atoms with van der Waals surface area (Å²) in [5.41, 5.74) is 1.14. The number of benzene rings is 2. The summed E-state index contributed by atoms with van der Waals surface area (Å²) in [5, 5.41) is 8.86. The molecular weight excluding hydrogens is 328 g/mol. The van der Waals surface area contributed by atoms with Crippen molar-refractivity contribution in [3.05, 3.63) is 70.8 Å². The summed E-state index contributed by atoms with van der Waals surface area (Å²) in [7, 11) is 1.55. The number of aryl methyl sites for hydroxylation is 1. The molecule has 0 bridgehead atoms. The third kappa shape index (κ3) is 4.62. The molecule has 2 rings (SSSR count). The molecule has 0 saturated carbocycles. The Balaban J connectivity index is 1.99. The van der Waals surface area contributed by atoms with E-state index in [1.54, 1.807) is 26.1 Å². The molecule has 1 amide bonds. The Labute approximate surface area is 144 Å². The minimum atomic E-state index is -1.01. The van der Waals surface area contributed by atoms with Gasteiger partial charge < -0.3 is 10.0 Å². The number of halogens is 2. The van der Waals surface area contributed by atoms with Crippen LogP contribution in [0.5, 0.6) is 0 Å². The van der Waals surface area contributed by atoms with Gasteiger partial charge in [0.15, 0.2) is 0 Å². The summed E-state index contributed by atoms with van der Waals surface area (Å²) >= 11 is 0. The van der Waals surface area contributed by atoms with Gasteiger partial charge in [-0.2, -0.15) is 0 Å². The topological polar surface area (TPSA) is 57.6 Å². The second-order valence-electron chi connectivity index (χ2n) is 5.85. The van der Waals surface area contributed by atoms with E-state index >= 15 is 0 Å². The Morgan fingerprint density at radius 2 is 1.76 bits per heavy atom. The number of nitrogens with zero attached hydrogens (tertiary/aromatic N) is 1. The number of hydrogen-bond donors (Lipinski definition) is 1. The van der Waals surface area contributed by atoms with Crippen LogP contribution in [0, 0.1) is 11.6 Å². The number of carbonyl (C=O) groups excluding carboxylic acids is 1. The van der Waals surface area contributed by atoms with Gasteiger partial charge in [0, 0.05) is 19.0 Å². The van der Waals surface area contributed by atoms with Crippen molar-refractivity contribution in [2.24, 2.45) is 0 Å². The van der Waals surface area contributed by atoms with Crippen molar-refractivity contribution < 1.29 is 23.5 Å². The number of hydrogen-bond acceptors (Lipinski definition) is 2. The van der Waals surface area contributed by atoms with E-state index in [2.05, 4.69) is 0 Å². The van der Waals surface area contributed by atoms with Gasteiger partial charge in [-0.1, -0.05) is 12.1 Å². The predicted octanol–water partition coefficient (Wildman–Crippen LogP) is 3.82. The number of carboxylic acid groups (broad SMARTS) is 1. The van der Waals surface area contributed by atoms with Gasteiger partial charge in [0.25, 0.3) is 0 Å². The number of carboxylic acids is 1. The Morgan fingerprint density at radius 1 is 1.12 bits per heavy atom. The highest BCUT2D eigenvalue weighted by Crippen LogP contribution is 2.23. The lowest BCUT2D eigenvalue weighted by Crippen LogP contribution is -2.30. The van der Waals surface area contributed by atoms with Crippen LogP contribution < -0.4 is 0 Å². The molecule has 0 fully saturated rings. The van der Waals surface area contributed by atoms with Crippen molar-refractivity contribution in [3.8, 4) is 0 Å².